The second-order valence-corrected chi connectivity index (χ2v) is 12.2. The summed E-state index contributed by atoms with van der Waals surface area (Å²) in [6, 6.07) is 11.4. The highest BCUT2D eigenvalue weighted by molar-refractivity contribution is 8.01. The van der Waals surface area contributed by atoms with E-state index < -0.39 is 22.3 Å². The van der Waals surface area contributed by atoms with Crippen LogP contribution in [0, 0.1) is 17.6 Å². The molecular weight excluding hydrogens is 522 g/mol. The largest absolute Gasteiger partial charge is 0.342 e. The Kier molecular flexibility index (Phi) is 8.11. The number of anilines is 1. The maximum Gasteiger partial charge on any atom is 0.322 e. The number of para-hydroxylation sites is 1. The van der Waals surface area contributed by atoms with Crippen LogP contribution in [0.5, 0.6) is 0 Å². The number of rotatable bonds is 7. The maximum atomic E-state index is 14.0. The van der Waals surface area contributed by atoms with Gasteiger partial charge >= 0.3 is 6.03 Å². The van der Waals surface area contributed by atoms with Crippen LogP contribution in [-0.2, 0) is 16.1 Å². The number of nitrogens with one attached hydrogen (secondary N) is 1. The molecule has 0 spiro atoms. The molecule has 0 saturated carbocycles. The van der Waals surface area contributed by atoms with E-state index in [4.69, 9.17) is 0 Å². The molecule has 2 unspecified atom stereocenters. The minimum absolute atomic E-state index is 0.0363. The molecule has 39 heavy (non-hydrogen) atoms. The molecule has 2 fully saturated rings. The van der Waals surface area contributed by atoms with Crippen molar-refractivity contribution in [2.24, 2.45) is 5.92 Å². The normalized spacial score (nSPS) is 21.9. The molecule has 0 aliphatic carbocycles. The first-order valence-corrected chi connectivity index (χ1v) is 14.5. The first kappa shape index (κ1) is 27.4. The predicted octanol–water partition coefficient (Wildman–Crippen LogP) is 5.38. The number of fused-ring (bicyclic) bond motifs is 1. The van der Waals surface area contributed by atoms with Gasteiger partial charge < -0.3 is 20.0 Å². The Morgan fingerprint density at radius 3 is 2.54 bits per heavy atom. The van der Waals surface area contributed by atoms with Crippen molar-refractivity contribution in [2.75, 3.05) is 25.0 Å². The third-order valence-corrected chi connectivity index (χ3v) is 9.27. The molecule has 208 valence electrons. The molecule has 4 amide bonds. The zero-order chi connectivity index (χ0) is 27.7. The van der Waals surface area contributed by atoms with E-state index in [0.717, 1.165) is 29.8 Å². The Labute approximate surface area is 231 Å². The van der Waals surface area contributed by atoms with Crippen LogP contribution in [0.1, 0.15) is 56.0 Å². The zero-order valence-electron chi connectivity index (χ0n) is 22.2. The highest BCUT2D eigenvalue weighted by Crippen LogP contribution is 2.45. The van der Waals surface area contributed by atoms with Gasteiger partial charge in [-0.25, -0.2) is 13.6 Å². The van der Waals surface area contributed by atoms with Crippen LogP contribution in [0.3, 0.4) is 0 Å². The molecule has 1 N–H and O–H groups in total. The van der Waals surface area contributed by atoms with Crippen LogP contribution < -0.4 is 5.32 Å². The third kappa shape index (κ3) is 5.90. The Hall–Kier alpha value is -3.14. The summed E-state index contributed by atoms with van der Waals surface area (Å²) in [5, 5.41) is 1.92. The van der Waals surface area contributed by atoms with Gasteiger partial charge in [0, 0.05) is 44.3 Å². The molecule has 2 saturated heterocycles. The van der Waals surface area contributed by atoms with Crippen LogP contribution in [0.4, 0.5) is 19.3 Å². The van der Waals surface area contributed by atoms with Crippen molar-refractivity contribution >= 4 is 35.3 Å². The van der Waals surface area contributed by atoms with Crippen molar-refractivity contribution in [3.8, 4) is 0 Å². The van der Waals surface area contributed by atoms with Crippen molar-refractivity contribution < 1.29 is 23.2 Å². The molecule has 0 aromatic heterocycles. The molecule has 3 heterocycles. The van der Waals surface area contributed by atoms with Crippen molar-refractivity contribution in [1.29, 1.82) is 0 Å². The lowest BCUT2D eigenvalue weighted by Crippen LogP contribution is -2.51. The first-order chi connectivity index (χ1) is 18.7. The molecule has 5 rings (SSSR count). The van der Waals surface area contributed by atoms with E-state index >= 15 is 0 Å². The van der Waals surface area contributed by atoms with Gasteiger partial charge in [-0.05, 0) is 54.5 Å². The molecule has 0 radical (unpaired) electrons. The molecule has 2 aromatic rings. The summed E-state index contributed by atoms with van der Waals surface area (Å²) in [5.74, 6) is -1.74. The number of hydrogen-bond donors (Lipinski definition) is 1. The Balaban J connectivity index is 1.20. The number of likely N-dealkylation sites (tertiary alicyclic amines) is 1. The van der Waals surface area contributed by atoms with Crippen molar-refractivity contribution in [3.05, 3.63) is 65.2 Å². The fraction of sp³-hybridized carbons (Fsp3) is 0.483. The lowest BCUT2D eigenvalue weighted by Gasteiger charge is -2.40. The van der Waals surface area contributed by atoms with E-state index in [0.29, 0.717) is 50.5 Å². The second-order valence-electron chi connectivity index (χ2n) is 10.9. The molecule has 2 aromatic carbocycles. The van der Waals surface area contributed by atoms with Gasteiger partial charge in [0.25, 0.3) is 0 Å². The van der Waals surface area contributed by atoms with E-state index in [9.17, 15) is 23.2 Å². The van der Waals surface area contributed by atoms with E-state index in [1.807, 2.05) is 29.2 Å². The number of nitrogens with zero attached hydrogens (tertiary/aromatic N) is 3. The predicted molar refractivity (Wildman–Crippen MR) is 147 cm³/mol. The average molecular weight is 557 g/mol. The monoisotopic (exact) mass is 556 g/mol. The van der Waals surface area contributed by atoms with Gasteiger partial charge in [-0.3, -0.25) is 9.59 Å². The second kappa shape index (κ2) is 11.5. The standard InChI is InChI=1S/C29H34F2N4O3S/c1-18(2)9-14-34-27(37)25(39-28(34)19-7-8-22(30)23(31)15-19)16-26(36)33-12-10-21(11-13-33)35-17-20-5-3-4-6-24(20)32-29(35)38/h3-8,15,18,21,25,28H,9-14,16-17H2,1-2H3,(H,32,38). The van der Waals surface area contributed by atoms with Crippen LogP contribution >= 0.6 is 11.8 Å². The topological polar surface area (TPSA) is 73.0 Å². The molecule has 0 bridgehead atoms. The SMILES string of the molecule is CC(C)CCN1C(=O)C(CC(=O)N2CCC(N3Cc4ccccc4NC3=O)CC2)SC1c1ccc(F)c(F)c1. The van der Waals surface area contributed by atoms with Crippen LogP contribution in [0.25, 0.3) is 0 Å². The Morgan fingerprint density at radius 1 is 1.08 bits per heavy atom. The number of halogens is 2. The van der Waals surface area contributed by atoms with Gasteiger partial charge in [0.15, 0.2) is 11.6 Å². The van der Waals surface area contributed by atoms with Crippen LogP contribution in [-0.4, -0.2) is 63.5 Å². The summed E-state index contributed by atoms with van der Waals surface area (Å²) in [5.41, 5.74) is 2.44. The summed E-state index contributed by atoms with van der Waals surface area (Å²) in [4.78, 5) is 44.7. The smallest absolute Gasteiger partial charge is 0.322 e. The zero-order valence-corrected chi connectivity index (χ0v) is 23.1. The summed E-state index contributed by atoms with van der Waals surface area (Å²) in [6.45, 7) is 6.21. The van der Waals surface area contributed by atoms with E-state index in [1.165, 1.54) is 17.8 Å². The van der Waals surface area contributed by atoms with Gasteiger partial charge in [0.2, 0.25) is 11.8 Å². The molecule has 2 atom stereocenters. The van der Waals surface area contributed by atoms with E-state index in [1.54, 1.807) is 9.80 Å². The van der Waals surface area contributed by atoms with Gasteiger partial charge in [0.05, 0.1) is 5.25 Å². The highest BCUT2D eigenvalue weighted by atomic mass is 32.2. The number of amides is 4. The lowest BCUT2D eigenvalue weighted by atomic mass is 10.0. The summed E-state index contributed by atoms with van der Waals surface area (Å²) >= 11 is 1.33. The van der Waals surface area contributed by atoms with Crippen molar-refractivity contribution in [2.45, 2.75) is 62.7 Å². The molecular formula is C29H34F2N4O3S. The summed E-state index contributed by atoms with van der Waals surface area (Å²) < 4.78 is 27.6. The number of thioether (sulfide) groups is 1. The van der Waals surface area contributed by atoms with Crippen molar-refractivity contribution in [1.82, 2.24) is 14.7 Å². The minimum atomic E-state index is -0.947. The number of hydrogen-bond acceptors (Lipinski definition) is 4. The highest BCUT2D eigenvalue weighted by Gasteiger charge is 2.43. The van der Waals surface area contributed by atoms with Crippen LogP contribution in [0.2, 0.25) is 0 Å². The molecule has 3 aliphatic rings. The Bertz CT molecular complexity index is 1250. The number of urea groups is 1. The number of piperidine rings is 1. The average Bonchev–Trinajstić information content (AvgIpc) is 3.23. The van der Waals surface area contributed by atoms with Gasteiger partial charge in [-0.1, -0.05) is 38.1 Å². The lowest BCUT2D eigenvalue weighted by molar-refractivity contribution is -0.137. The van der Waals surface area contributed by atoms with E-state index in [-0.39, 0.29) is 30.3 Å². The Morgan fingerprint density at radius 2 is 1.82 bits per heavy atom. The fourth-order valence-corrected chi connectivity index (χ4v) is 6.97. The van der Waals surface area contributed by atoms with Gasteiger partial charge in [-0.2, -0.15) is 0 Å². The molecule has 3 aliphatic heterocycles. The number of carbonyl (C=O) groups excluding carboxylic acids is 3. The number of carbonyl (C=O) groups is 3. The van der Waals surface area contributed by atoms with E-state index in [2.05, 4.69) is 19.2 Å². The van der Waals surface area contributed by atoms with Gasteiger partial charge in [0.1, 0.15) is 5.37 Å². The molecule has 10 heteroatoms. The van der Waals surface area contributed by atoms with Crippen LogP contribution in [0.15, 0.2) is 42.5 Å². The summed E-state index contributed by atoms with van der Waals surface area (Å²) in [7, 11) is 0. The minimum Gasteiger partial charge on any atom is -0.342 e. The quantitative estimate of drug-likeness (QED) is 0.497. The summed E-state index contributed by atoms with van der Waals surface area (Å²) in [6.07, 6.45) is 2.18. The first-order valence-electron chi connectivity index (χ1n) is 13.6. The van der Waals surface area contributed by atoms with Crippen molar-refractivity contribution in [3.63, 3.8) is 0 Å². The fourth-order valence-electron chi connectivity index (χ4n) is 5.50. The molecule has 7 nitrogen and oxygen atoms in total. The third-order valence-electron chi connectivity index (χ3n) is 7.79. The number of benzene rings is 2. The van der Waals surface area contributed by atoms with Gasteiger partial charge in [-0.15, -0.1) is 11.8 Å². The maximum absolute atomic E-state index is 14.0.